The van der Waals surface area contributed by atoms with Crippen LogP contribution in [0.2, 0.25) is 0 Å². The highest BCUT2D eigenvalue weighted by Gasteiger charge is 2.16. The number of ether oxygens (including phenoxy) is 2. The first-order valence-electron chi connectivity index (χ1n) is 8.87. The van der Waals surface area contributed by atoms with Crippen LogP contribution in [0.15, 0.2) is 44.0 Å². The molecule has 0 spiro atoms. The number of hydrogen-bond acceptors (Lipinski definition) is 9. The maximum absolute atomic E-state index is 11.6. The molecule has 0 aliphatic carbocycles. The van der Waals surface area contributed by atoms with Gasteiger partial charge in [0.25, 0.3) is 5.91 Å². The van der Waals surface area contributed by atoms with E-state index in [0.717, 1.165) is 11.8 Å². The summed E-state index contributed by atoms with van der Waals surface area (Å²) < 4.78 is 18.9. The van der Waals surface area contributed by atoms with Gasteiger partial charge < -0.3 is 23.6 Å². The van der Waals surface area contributed by atoms with Gasteiger partial charge >= 0.3 is 17.1 Å². The van der Waals surface area contributed by atoms with Crippen LogP contribution in [0, 0.1) is 6.92 Å². The van der Waals surface area contributed by atoms with Crippen LogP contribution >= 0.6 is 11.8 Å². The number of hydrogen-bond donors (Lipinski definition) is 1. The summed E-state index contributed by atoms with van der Waals surface area (Å²) in [7, 11) is 0. The third kappa shape index (κ3) is 9.97. The number of benzene rings is 1. The molecule has 1 N–H and O–H groups in total. The molecule has 0 radical (unpaired) electrons. The molecule has 0 fully saturated rings. The molecule has 0 saturated carbocycles. The fourth-order valence-corrected chi connectivity index (χ4v) is 2.09. The predicted molar refractivity (Wildman–Crippen MR) is 112 cm³/mol. The van der Waals surface area contributed by atoms with Crippen molar-refractivity contribution >= 4 is 28.9 Å². The summed E-state index contributed by atoms with van der Waals surface area (Å²) in [5, 5.41) is 2.08. The van der Waals surface area contributed by atoms with Crippen LogP contribution < -0.4 is 11.1 Å². The van der Waals surface area contributed by atoms with Crippen molar-refractivity contribution in [2.45, 2.75) is 39.9 Å². The third-order valence-corrected chi connectivity index (χ3v) is 3.62. The van der Waals surface area contributed by atoms with Crippen molar-refractivity contribution < 1.29 is 34.1 Å². The minimum absolute atomic E-state index is 0. The number of thioether (sulfide) groups is 1. The first kappa shape index (κ1) is 25.0. The quantitative estimate of drug-likeness (QED) is 0.693. The van der Waals surface area contributed by atoms with E-state index in [4.69, 9.17) is 9.47 Å². The van der Waals surface area contributed by atoms with Crippen LogP contribution in [0.3, 0.4) is 0 Å². The van der Waals surface area contributed by atoms with Crippen molar-refractivity contribution in [3.63, 3.8) is 0 Å². The molecule has 10 heteroatoms. The van der Waals surface area contributed by atoms with Crippen LogP contribution in [-0.4, -0.2) is 35.6 Å². The minimum Gasteiger partial charge on any atom is -0.459 e. The van der Waals surface area contributed by atoms with E-state index in [-0.39, 0.29) is 26.2 Å². The highest BCUT2D eigenvalue weighted by Crippen LogP contribution is 2.09. The van der Waals surface area contributed by atoms with Crippen molar-refractivity contribution in [2.24, 2.45) is 0 Å². The van der Waals surface area contributed by atoms with Gasteiger partial charge in [-0.3, -0.25) is 9.59 Å². The fraction of sp³-hybridized carbons (Fsp3) is 0.400. The topological polar surface area (TPSA) is 125 Å². The molecule has 2 rings (SSSR count). The number of nitrogens with one attached hydrogen (secondary N) is 1. The Morgan fingerprint density at radius 2 is 1.77 bits per heavy atom. The van der Waals surface area contributed by atoms with Crippen molar-refractivity contribution in [3.8, 4) is 0 Å². The van der Waals surface area contributed by atoms with Gasteiger partial charge in [-0.25, -0.2) is 9.59 Å². The molecular formula is C20H27NO8S. The van der Waals surface area contributed by atoms with E-state index < -0.39 is 22.7 Å². The third-order valence-electron chi connectivity index (χ3n) is 3.17. The van der Waals surface area contributed by atoms with Gasteiger partial charge in [0.15, 0.2) is 18.1 Å². The summed E-state index contributed by atoms with van der Waals surface area (Å²) in [6.07, 6.45) is 1.60. The van der Waals surface area contributed by atoms with E-state index in [1.54, 1.807) is 58.2 Å². The molecule has 9 nitrogen and oxygen atoms in total. The zero-order valence-corrected chi connectivity index (χ0v) is 18.3. The standard InChI is InChI=1S/C13H17NO3.C7H8O5S.H2/c1-13(2,3)17-11(15)9-14-12(16)10-7-5-4-6-8-10;1-4-5(12-6(8)11-4)3-10-7(9)13-2;/h4-8H,9H2,1-3H3,(H,14,16);3H2,1-2H3;1H. The molecule has 1 heterocycles. The van der Waals surface area contributed by atoms with Gasteiger partial charge in [0.05, 0.1) is 0 Å². The van der Waals surface area contributed by atoms with Gasteiger partial charge in [0.1, 0.15) is 12.1 Å². The Labute approximate surface area is 179 Å². The Morgan fingerprint density at radius 3 is 2.27 bits per heavy atom. The lowest BCUT2D eigenvalue weighted by Gasteiger charge is -2.19. The van der Waals surface area contributed by atoms with Gasteiger partial charge in [-0.05, 0) is 57.8 Å². The second-order valence-electron chi connectivity index (χ2n) is 6.81. The molecule has 1 aromatic heterocycles. The van der Waals surface area contributed by atoms with E-state index >= 15 is 0 Å². The molecule has 0 bridgehead atoms. The van der Waals surface area contributed by atoms with E-state index in [0.29, 0.717) is 11.3 Å². The molecule has 0 saturated heterocycles. The zero-order chi connectivity index (χ0) is 22.7. The predicted octanol–water partition coefficient (Wildman–Crippen LogP) is 3.54. The average Bonchev–Trinajstić information content (AvgIpc) is 3.01. The minimum atomic E-state index is -0.785. The van der Waals surface area contributed by atoms with Gasteiger partial charge in [-0.15, -0.1) is 0 Å². The Morgan fingerprint density at radius 1 is 1.13 bits per heavy atom. The monoisotopic (exact) mass is 441 g/mol. The Kier molecular flexibility index (Phi) is 9.90. The molecule has 0 unspecified atom stereocenters. The summed E-state index contributed by atoms with van der Waals surface area (Å²) in [5.74, 6) is -0.933. The van der Waals surface area contributed by atoms with Gasteiger partial charge in [-0.2, -0.15) is 0 Å². The highest BCUT2D eigenvalue weighted by molar-refractivity contribution is 8.12. The molecule has 30 heavy (non-hydrogen) atoms. The number of carbonyl (C=O) groups is 3. The molecule has 166 valence electrons. The Balaban J connectivity index is 0.000000581. The smallest absolute Gasteiger partial charge is 0.459 e. The van der Waals surface area contributed by atoms with Gasteiger partial charge in [0, 0.05) is 6.99 Å². The second-order valence-corrected chi connectivity index (χ2v) is 7.55. The summed E-state index contributed by atoms with van der Waals surface area (Å²) >= 11 is 0.945. The second kappa shape index (κ2) is 11.9. The summed E-state index contributed by atoms with van der Waals surface area (Å²) in [5.41, 5.74) is -0.00905. The molecule has 0 atom stereocenters. The molecule has 1 aromatic carbocycles. The Bertz CT molecular complexity index is 902. The lowest BCUT2D eigenvalue weighted by atomic mass is 10.2. The van der Waals surface area contributed by atoms with E-state index in [9.17, 15) is 19.2 Å². The largest absolute Gasteiger partial charge is 0.519 e. The summed E-state index contributed by atoms with van der Waals surface area (Å²) in [6.45, 7) is 6.72. The first-order chi connectivity index (χ1) is 14.0. The van der Waals surface area contributed by atoms with Crippen LogP contribution in [0.4, 0.5) is 4.79 Å². The van der Waals surface area contributed by atoms with E-state index in [2.05, 4.69) is 14.2 Å². The van der Waals surface area contributed by atoms with E-state index in [1.165, 1.54) is 0 Å². The molecule has 0 aliphatic rings. The summed E-state index contributed by atoms with van der Waals surface area (Å²) in [4.78, 5) is 44.2. The van der Waals surface area contributed by atoms with Gasteiger partial charge in [-0.1, -0.05) is 18.2 Å². The molecular weight excluding hydrogens is 414 g/mol. The number of rotatable bonds is 5. The number of aryl methyl sites for hydroxylation is 1. The zero-order valence-electron chi connectivity index (χ0n) is 17.5. The molecule has 0 aliphatic heterocycles. The molecule has 1 amide bonds. The number of esters is 1. The summed E-state index contributed by atoms with van der Waals surface area (Å²) in [6, 6.07) is 8.73. The van der Waals surface area contributed by atoms with Gasteiger partial charge in [0.2, 0.25) is 0 Å². The fourth-order valence-electron chi connectivity index (χ4n) is 1.91. The van der Waals surface area contributed by atoms with Crippen molar-refractivity contribution in [3.05, 3.63) is 58.0 Å². The van der Waals surface area contributed by atoms with Crippen LogP contribution in [-0.2, 0) is 20.9 Å². The lowest BCUT2D eigenvalue weighted by molar-refractivity contribution is -0.153. The Hall–Kier alpha value is -3.01. The van der Waals surface area contributed by atoms with Crippen molar-refractivity contribution in [2.75, 3.05) is 12.8 Å². The van der Waals surface area contributed by atoms with Crippen molar-refractivity contribution in [1.29, 1.82) is 0 Å². The highest BCUT2D eigenvalue weighted by atomic mass is 32.2. The average molecular weight is 442 g/mol. The van der Waals surface area contributed by atoms with Crippen LogP contribution in [0.1, 0.15) is 44.1 Å². The van der Waals surface area contributed by atoms with Crippen LogP contribution in [0.25, 0.3) is 0 Å². The number of amides is 1. The van der Waals surface area contributed by atoms with E-state index in [1.807, 2.05) is 6.07 Å². The lowest BCUT2D eigenvalue weighted by Crippen LogP contribution is -2.34. The normalized spacial score (nSPS) is 10.4. The maximum Gasteiger partial charge on any atom is 0.519 e. The van der Waals surface area contributed by atoms with Crippen LogP contribution in [0.5, 0.6) is 0 Å². The first-order valence-corrected chi connectivity index (χ1v) is 10.1. The molecule has 2 aromatic rings. The van der Waals surface area contributed by atoms with Crippen molar-refractivity contribution in [1.82, 2.24) is 5.32 Å². The maximum atomic E-state index is 11.6. The SMILES string of the molecule is CC(C)(C)OC(=O)CNC(=O)c1ccccc1.CSC(=O)OCc1oc(=O)oc1C.[HH]. The number of carbonyl (C=O) groups excluding carboxylic acids is 3.